The number of hydrogen-bond acceptors (Lipinski definition) is 1. The van der Waals surface area contributed by atoms with E-state index in [-0.39, 0.29) is 0 Å². The molecule has 0 spiro atoms. The molecule has 11 rings (SSSR count). The Balaban J connectivity index is 0.973. The summed E-state index contributed by atoms with van der Waals surface area (Å²) >= 11 is 0. The van der Waals surface area contributed by atoms with Gasteiger partial charge < -0.3 is 9.47 Å². The Hall–Kier alpha value is -7.16. The Morgan fingerprint density at radius 1 is 0.421 bits per heavy atom. The monoisotopic (exact) mass is 728 g/mol. The molecule has 57 heavy (non-hydrogen) atoms. The van der Waals surface area contributed by atoms with Crippen LogP contribution < -0.4 is 4.90 Å². The molecule has 0 saturated carbocycles. The summed E-state index contributed by atoms with van der Waals surface area (Å²) in [5, 5.41) is 2.67. The lowest BCUT2D eigenvalue weighted by atomic mass is 9.95. The fourth-order valence-corrected chi connectivity index (χ4v) is 9.24. The molecule has 270 valence electrons. The molecule has 0 saturated heterocycles. The minimum atomic E-state index is 0.904. The summed E-state index contributed by atoms with van der Waals surface area (Å²) in [6.07, 6.45) is 9.76. The van der Waals surface area contributed by atoms with Crippen LogP contribution in [0.25, 0.3) is 66.4 Å². The first-order chi connectivity index (χ1) is 28.3. The van der Waals surface area contributed by atoms with Gasteiger partial charge in [0.2, 0.25) is 0 Å². The molecule has 2 aliphatic carbocycles. The van der Waals surface area contributed by atoms with Gasteiger partial charge in [-0.2, -0.15) is 0 Å². The second-order valence-corrected chi connectivity index (χ2v) is 15.2. The summed E-state index contributed by atoms with van der Waals surface area (Å²) in [5.41, 5.74) is 20.3. The maximum Gasteiger partial charge on any atom is 0.0544 e. The van der Waals surface area contributed by atoms with Crippen LogP contribution in [-0.4, -0.2) is 4.57 Å². The van der Waals surface area contributed by atoms with E-state index in [0.29, 0.717) is 0 Å². The number of rotatable bonds is 7. The van der Waals surface area contributed by atoms with Crippen molar-refractivity contribution in [2.75, 3.05) is 4.90 Å². The van der Waals surface area contributed by atoms with Crippen LogP contribution in [0.3, 0.4) is 0 Å². The van der Waals surface area contributed by atoms with Crippen LogP contribution in [0.5, 0.6) is 0 Å². The second-order valence-electron chi connectivity index (χ2n) is 15.2. The van der Waals surface area contributed by atoms with Crippen molar-refractivity contribution in [3.05, 3.63) is 223 Å². The number of aromatic nitrogens is 1. The Kier molecular flexibility index (Phi) is 8.07. The van der Waals surface area contributed by atoms with E-state index >= 15 is 0 Å². The Bertz CT molecular complexity index is 2980. The number of nitrogens with zero attached hydrogens (tertiary/aromatic N) is 2. The zero-order valence-corrected chi connectivity index (χ0v) is 31.6. The van der Waals surface area contributed by atoms with Gasteiger partial charge in [0, 0.05) is 33.5 Å². The highest BCUT2D eigenvalue weighted by Gasteiger charge is 2.26. The van der Waals surface area contributed by atoms with Gasteiger partial charge in [-0.15, -0.1) is 0 Å². The Morgan fingerprint density at radius 3 is 1.72 bits per heavy atom. The average molecular weight is 729 g/mol. The minimum Gasteiger partial charge on any atom is -0.311 e. The van der Waals surface area contributed by atoms with Crippen molar-refractivity contribution in [2.24, 2.45) is 0 Å². The maximum atomic E-state index is 2.42. The van der Waals surface area contributed by atoms with E-state index in [0.717, 1.165) is 36.3 Å². The molecule has 1 heterocycles. The van der Waals surface area contributed by atoms with Gasteiger partial charge >= 0.3 is 0 Å². The van der Waals surface area contributed by atoms with Gasteiger partial charge in [-0.05, 0) is 136 Å². The number of anilines is 3. The SMILES string of the molecule is C1=CCCC(c2ccc(N(c3ccc(-c4ccccc4)cc3)c3ccc(-c4cccc5c4Cc4c-5ccc5c4c4ccccc4n5-c4ccccc4)cc3)cc2)=C1. The zero-order chi connectivity index (χ0) is 37.7. The van der Waals surface area contributed by atoms with Gasteiger partial charge in [-0.25, -0.2) is 0 Å². The first-order valence-corrected chi connectivity index (χ1v) is 20.0. The lowest BCUT2D eigenvalue weighted by Gasteiger charge is -2.26. The molecular weight excluding hydrogens is 689 g/mol. The molecule has 0 bridgehead atoms. The fourth-order valence-electron chi connectivity index (χ4n) is 9.24. The van der Waals surface area contributed by atoms with Crippen molar-refractivity contribution in [2.45, 2.75) is 19.3 Å². The predicted octanol–water partition coefficient (Wildman–Crippen LogP) is 14.9. The van der Waals surface area contributed by atoms with E-state index < -0.39 is 0 Å². The fraction of sp³-hybridized carbons (Fsp3) is 0.0545. The zero-order valence-electron chi connectivity index (χ0n) is 31.6. The number of para-hydroxylation sites is 2. The van der Waals surface area contributed by atoms with Crippen LogP contribution in [0.4, 0.5) is 17.1 Å². The van der Waals surface area contributed by atoms with Gasteiger partial charge in [0.05, 0.1) is 11.0 Å². The van der Waals surface area contributed by atoms with Crippen LogP contribution in [0.1, 0.15) is 29.5 Å². The Morgan fingerprint density at radius 2 is 1.02 bits per heavy atom. The first-order valence-electron chi connectivity index (χ1n) is 20.0. The molecule has 2 aliphatic rings. The van der Waals surface area contributed by atoms with E-state index in [9.17, 15) is 0 Å². The van der Waals surface area contributed by atoms with Gasteiger partial charge in [-0.1, -0.05) is 146 Å². The summed E-state index contributed by atoms with van der Waals surface area (Å²) in [5.74, 6) is 0. The predicted molar refractivity (Wildman–Crippen MR) is 241 cm³/mol. The second kappa shape index (κ2) is 13.8. The molecule has 2 heteroatoms. The third kappa shape index (κ3) is 5.72. The molecule has 0 radical (unpaired) electrons. The van der Waals surface area contributed by atoms with E-state index in [4.69, 9.17) is 0 Å². The smallest absolute Gasteiger partial charge is 0.0544 e. The van der Waals surface area contributed by atoms with Crippen LogP contribution >= 0.6 is 0 Å². The summed E-state index contributed by atoms with van der Waals surface area (Å²) < 4.78 is 2.42. The van der Waals surface area contributed by atoms with E-state index in [1.54, 1.807) is 0 Å². The molecule has 0 fully saturated rings. The normalized spacial score (nSPS) is 13.1. The third-order valence-electron chi connectivity index (χ3n) is 12.0. The largest absolute Gasteiger partial charge is 0.311 e. The maximum absolute atomic E-state index is 2.42. The lowest BCUT2D eigenvalue weighted by molar-refractivity contribution is 1.05. The van der Waals surface area contributed by atoms with Crippen LogP contribution in [-0.2, 0) is 6.42 Å². The molecule has 1 aromatic heterocycles. The molecule has 8 aromatic carbocycles. The molecule has 9 aromatic rings. The molecule has 0 unspecified atom stereocenters. The standard InChI is InChI=1S/C55H40N2/c1-4-13-38(14-5-1)40-23-29-44(30-24-40)56(45-31-25-41(26-32-45)39-15-6-2-7-16-39)46-33-27-42(28-34-46)47-20-12-21-48-49-35-36-54-55(52(49)37-51(47)48)50-19-10-11-22-53(50)57(54)43-17-8-3-9-18-43/h1-6,8-15,17-36H,7,16,37H2. The van der Waals surface area contributed by atoms with E-state index in [1.165, 1.54) is 83.1 Å². The van der Waals surface area contributed by atoms with Gasteiger partial charge in [0.1, 0.15) is 0 Å². The number of benzene rings is 8. The van der Waals surface area contributed by atoms with Crippen molar-refractivity contribution in [3.63, 3.8) is 0 Å². The molecular formula is C55H40N2. The van der Waals surface area contributed by atoms with Gasteiger partial charge in [0.25, 0.3) is 0 Å². The highest BCUT2D eigenvalue weighted by molar-refractivity contribution is 6.14. The first kappa shape index (κ1) is 33.2. The van der Waals surface area contributed by atoms with Crippen molar-refractivity contribution in [3.8, 4) is 39.1 Å². The average Bonchev–Trinajstić information content (AvgIpc) is 3.84. The highest BCUT2D eigenvalue weighted by Crippen LogP contribution is 2.47. The van der Waals surface area contributed by atoms with Crippen LogP contribution in [0.2, 0.25) is 0 Å². The van der Waals surface area contributed by atoms with E-state index in [2.05, 4.69) is 216 Å². The quantitative estimate of drug-likeness (QED) is 0.159. The van der Waals surface area contributed by atoms with E-state index in [1.807, 2.05) is 0 Å². The molecule has 0 atom stereocenters. The highest BCUT2D eigenvalue weighted by atomic mass is 15.1. The Labute approximate surface area is 333 Å². The van der Waals surface area contributed by atoms with Crippen molar-refractivity contribution < 1.29 is 0 Å². The van der Waals surface area contributed by atoms with Gasteiger partial charge in [-0.3, -0.25) is 0 Å². The minimum absolute atomic E-state index is 0.904. The van der Waals surface area contributed by atoms with Gasteiger partial charge in [0.15, 0.2) is 0 Å². The number of hydrogen-bond donors (Lipinski definition) is 0. The molecule has 0 aliphatic heterocycles. The summed E-state index contributed by atoms with van der Waals surface area (Å²) in [4.78, 5) is 2.38. The number of allylic oxidation sites excluding steroid dienone is 4. The molecule has 2 nitrogen and oxygen atoms in total. The van der Waals surface area contributed by atoms with Crippen LogP contribution in [0, 0.1) is 0 Å². The third-order valence-corrected chi connectivity index (χ3v) is 12.0. The summed E-state index contributed by atoms with van der Waals surface area (Å²) in [7, 11) is 0. The summed E-state index contributed by atoms with van der Waals surface area (Å²) in [6, 6.07) is 69.0. The van der Waals surface area contributed by atoms with Crippen molar-refractivity contribution in [1.29, 1.82) is 0 Å². The van der Waals surface area contributed by atoms with Crippen molar-refractivity contribution >= 4 is 44.4 Å². The lowest BCUT2D eigenvalue weighted by Crippen LogP contribution is -2.10. The van der Waals surface area contributed by atoms with Crippen LogP contribution in [0.15, 0.2) is 206 Å². The molecule has 0 N–H and O–H groups in total. The number of fused-ring (bicyclic) bond motifs is 7. The topological polar surface area (TPSA) is 8.17 Å². The summed E-state index contributed by atoms with van der Waals surface area (Å²) in [6.45, 7) is 0. The van der Waals surface area contributed by atoms with Crippen molar-refractivity contribution in [1.82, 2.24) is 4.57 Å². The molecule has 0 amide bonds.